The Hall–Kier alpha value is -2.15. The zero-order chi connectivity index (χ0) is 15.6. The molecule has 1 aromatic carbocycles. The molecule has 0 saturated carbocycles. The summed E-state index contributed by atoms with van der Waals surface area (Å²) in [6, 6.07) is 3.80. The molecule has 2 N–H and O–H groups in total. The Labute approximate surface area is 122 Å². The summed E-state index contributed by atoms with van der Waals surface area (Å²) in [6.45, 7) is 4.01. The SMILES string of the molecule is CC1CCCC(C)N1NC(=O)c1cc(O)ccc1[N+](=O)[O-]. The molecule has 2 atom stereocenters. The molecule has 1 aliphatic heterocycles. The molecule has 2 rings (SSSR count). The van der Waals surface area contributed by atoms with Gasteiger partial charge in [0.05, 0.1) is 4.92 Å². The molecule has 114 valence electrons. The largest absolute Gasteiger partial charge is 0.508 e. The van der Waals surface area contributed by atoms with Gasteiger partial charge in [0.2, 0.25) is 0 Å². The maximum Gasteiger partial charge on any atom is 0.282 e. The summed E-state index contributed by atoms with van der Waals surface area (Å²) in [5.41, 5.74) is 2.28. The fraction of sp³-hybridized carbons (Fsp3) is 0.500. The van der Waals surface area contributed by atoms with E-state index < -0.39 is 10.8 Å². The van der Waals surface area contributed by atoms with Gasteiger partial charge in [-0.1, -0.05) is 6.42 Å². The third-order valence-corrected chi connectivity index (χ3v) is 3.85. The normalized spacial score (nSPS) is 22.8. The van der Waals surface area contributed by atoms with Crippen LogP contribution < -0.4 is 5.43 Å². The van der Waals surface area contributed by atoms with E-state index in [9.17, 15) is 20.0 Å². The van der Waals surface area contributed by atoms with E-state index in [0.717, 1.165) is 31.4 Å². The molecule has 2 unspecified atom stereocenters. The fourth-order valence-corrected chi connectivity index (χ4v) is 2.68. The van der Waals surface area contributed by atoms with Gasteiger partial charge >= 0.3 is 0 Å². The lowest BCUT2D eigenvalue weighted by Crippen LogP contribution is -2.54. The Kier molecular flexibility index (Phi) is 4.42. The highest BCUT2D eigenvalue weighted by molar-refractivity contribution is 5.98. The molecule has 1 heterocycles. The molecule has 0 spiro atoms. The van der Waals surface area contributed by atoms with Crippen LogP contribution in [-0.2, 0) is 0 Å². The van der Waals surface area contributed by atoms with E-state index in [2.05, 4.69) is 5.43 Å². The molecular formula is C14H19N3O4. The molecule has 1 aromatic rings. The smallest absolute Gasteiger partial charge is 0.282 e. The van der Waals surface area contributed by atoms with Gasteiger partial charge in [0, 0.05) is 18.2 Å². The van der Waals surface area contributed by atoms with Crippen molar-refractivity contribution in [2.75, 3.05) is 0 Å². The zero-order valence-electron chi connectivity index (χ0n) is 12.1. The van der Waals surface area contributed by atoms with Gasteiger partial charge in [-0.3, -0.25) is 20.3 Å². The average molecular weight is 293 g/mol. The van der Waals surface area contributed by atoms with Gasteiger partial charge < -0.3 is 5.11 Å². The molecule has 7 heteroatoms. The first-order valence-electron chi connectivity index (χ1n) is 6.97. The van der Waals surface area contributed by atoms with Crippen LogP contribution in [0.4, 0.5) is 5.69 Å². The van der Waals surface area contributed by atoms with Gasteiger partial charge in [0.25, 0.3) is 11.6 Å². The van der Waals surface area contributed by atoms with Crippen LogP contribution in [0.15, 0.2) is 18.2 Å². The summed E-state index contributed by atoms with van der Waals surface area (Å²) in [7, 11) is 0. The number of amides is 1. The van der Waals surface area contributed by atoms with Gasteiger partial charge in [0.15, 0.2) is 0 Å². The molecule has 21 heavy (non-hydrogen) atoms. The van der Waals surface area contributed by atoms with Crippen LogP contribution in [0.5, 0.6) is 5.75 Å². The van der Waals surface area contributed by atoms with E-state index in [4.69, 9.17) is 0 Å². The van der Waals surface area contributed by atoms with Crippen molar-refractivity contribution in [3.8, 4) is 5.75 Å². The van der Waals surface area contributed by atoms with Crippen LogP contribution in [0, 0.1) is 10.1 Å². The first-order valence-corrected chi connectivity index (χ1v) is 6.97. The van der Waals surface area contributed by atoms with Crippen molar-refractivity contribution in [1.29, 1.82) is 0 Å². The van der Waals surface area contributed by atoms with Crippen LogP contribution in [0.25, 0.3) is 0 Å². The summed E-state index contributed by atoms with van der Waals surface area (Å²) >= 11 is 0. The second-order valence-corrected chi connectivity index (χ2v) is 5.44. The van der Waals surface area contributed by atoms with E-state index in [1.54, 1.807) is 0 Å². The molecule has 1 amide bonds. The lowest BCUT2D eigenvalue weighted by Gasteiger charge is -2.38. The number of phenols is 1. The van der Waals surface area contributed by atoms with Crippen molar-refractivity contribution in [2.45, 2.75) is 45.2 Å². The number of nitrogens with zero attached hydrogens (tertiary/aromatic N) is 2. The third-order valence-electron chi connectivity index (χ3n) is 3.85. The minimum Gasteiger partial charge on any atom is -0.508 e. The number of hydrogen-bond acceptors (Lipinski definition) is 5. The maximum absolute atomic E-state index is 12.3. The Morgan fingerprint density at radius 1 is 1.38 bits per heavy atom. The van der Waals surface area contributed by atoms with E-state index in [1.165, 1.54) is 6.07 Å². The van der Waals surface area contributed by atoms with Gasteiger partial charge in [0.1, 0.15) is 11.3 Å². The molecular weight excluding hydrogens is 274 g/mol. The van der Waals surface area contributed by atoms with E-state index in [-0.39, 0.29) is 29.1 Å². The van der Waals surface area contributed by atoms with Crippen molar-refractivity contribution >= 4 is 11.6 Å². The Morgan fingerprint density at radius 3 is 2.57 bits per heavy atom. The first kappa shape index (κ1) is 15.2. The summed E-state index contributed by atoms with van der Waals surface area (Å²) in [5.74, 6) is -0.747. The summed E-state index contributed by atoms with van der Waals surface area (Å²) in [5, 5.41) is 22.3. The molecule has 0 aliphatic carbocycles. The van der Waals surface area contributed by atoms with Crippen molar-refractivity contribution in [1.82, 2.24) is 10.4 Å². The molecule has 0 aromatic heterocycles. The number of aromatic hydroxyl groups is 1. The van der Waals surface area contributed by atoms with Gasteiger partial charge in [-0.25, -0.2) is 5.01 Å². The first-order chi connectivity index (χ1) is 9.90. The molecule has 7 nitrogen and oxygen atoms in total. The average Bonchev–Trinajstić information content (AvgIpc) is 2.42. The Balaban J connectivity index is 2.24. The number of carbonyl (C=O) groups excluding carboxylic acids is 1. The maximum atomic E-state index is 12.3. The summed E-state index contributed by atoms with van der Waals surface area (Å²) in [4.78, 5) is 22.7. The molecule has 0 radical (unpaired) electrons. The number of carbonyl (C=O) groups is 1. The minimum absolute atomic E-state index is 0.134. The highest BCUT2D eigenvalue weighted by atomic mass is 16.6. The number of phenolic OH excluding ortho intramolecular Hbond substituents is 1. The number of hydrazine groups is 1. The quantitative estimate of drug-likeness (QED) is 0.658. The van der Waals surface area contributed by atoms with Crippen molar-refractivity contribution < 1.29 is 14.8 Å². The van der Waals surface area contributed by atoms with Gasteiger partial charge in [-0.05, 0) is 38.8 Å². The number of nitrogens with one attached hydrogen (secondary N) is 1. The van der Waals surface area contributed by atoms with E-state index >= 15 is 0 Å². The van der Waals surface area contributed by atoms with Crippen LogP contribution in [0.2, 0.25) is 0 Å². The minimum atomic E-state index is -0.628. The third kappa shape index (κ3) is 3.30. The lowest BCUT2D eigenvalue weighted by molar-refractivity contribution is -0.385. The number of hydrogen-bond donors (Lipinski definition) is 2. The number of nitro groups is 1. The molecule has 1 saturated heterocycles. The topological polar surface area (TPSA) is 95.7 Å². The van der Waals surface area contributed by atoms with Crippen LogP contribution >= 0.6 is 0 Å². The van der Waals surface area contributed by atoms with Crippen molar-refractivity contribution in [2.24, 2.45) is 0 Å². The van der Waals surface area contributed by atoms with Crippen LogP contribution in [0.3, 0.4) is 0 Å². The molecule has 1 fully saturated rings. The number of benzene rings is 1. The second-order valence-electron chi connectivity index (χ2n) is 5.44. The monoisotopic (exact) mass is 293 g/mol. The van der Waals surface area contributed by atoms with Gasteiger partial charge in [-0.2, -0.15) is 0 Å². The number of nitro benzene ring substituents is 1. The Bertz CT molecular complexity index is 551. The molecule has 1 aliphatic rings. The predicted molar refractivity (Wildman–Crippen MR) is 76.8 cm³/mol. The Morgan fingerprint density at radius 2 is 2.00 bits per heavy atom. The molecule has 0 bridgehead atoms. The standard InChI is InChI=1S/C14H19N3O4/c1-9-4-3-5-10(2)16(9)15-14(19)12-8-11(18)6-7-13(12)17(20)21/h6-10,18H,3-5H2,1-2H3,(H,15,19). The number of piperidine rings is 1. The second kappa shape index (κ2) is 6.09. The fourth-order valence-electron chi connectivity index (χ4n) is 2.68. The predicted octanol–water partition coefficient (Wildman–Crippen LogP) is 2.21. The van der Waals surface area contributed by atoms with Crippen LogP contribution in [0.1, 0.15) is 43.5 Å². The summed E-state index contributed by atoms with van der Waals surface area (Å²) in [6.07, 6.45) is 3.03. The van der Waals surface area contributed by atoms with Gasteiger partial charge in [-0.15, -0.1) is 0 Å². The van der Waals surface area contributed by atoms with Crippen molar-refractivity contribution in [3.05, 3.63) is 33.9 Å². The van der Waals surface area contributed by atoms with Crippen LogP contribution in [-0.4, -0.2) is 33.0 Å². The van der Waals surface area contributed by atoms with Crippen molar-refractivity contribution in [3.63, 3.8) is 0 Å². The highest BCUT2D eigenvalue weighted by Crippen LogP contribution is 2.25. The zero-order valence-corrected chi connectivity index (χ0v) is 12.1. The van der Waals surface area contributed by atoms with E-state index in [1.807, 2.05) is 18.9 Å². The number of rotatable bonds is 3. The lowest BCUT2D eigenvalue weighted by atomic mass is 10.00. The highest BCUT2D eigenvalue weighted by Gasteiger charge is 2.28. The summed E-state index contributed by atoms with van der Waals surface area (Å²) < 4.78 is 0. The van der Waals surface area contributed by atoms with E-state index in [0.29, 0.717) is 0 Å².